The summed E-state index contributed by atoms with van der Waals surface area (Å²) in [6.45, 7) is 2.48. The van der Waals surface area contributed by atoms with E-state index < -0.39 is 0 Å². The molecule has 1 aromatic heterocycles. The molecule has 0 aliphatic carbocycles. The largest absolute Gasteiger partial charge is 0.497 e. The number of ether oxygens (including phenoxy) is 2. The van der Waals surface area contributed by atoms with Gasteiger partial charge < -0.3 is 14.4 Å². The van der Waals surface area contributed by atoms with Crippen molar-refractivity contribution in [3.8, 4) is 17.6 Å². The molecule has 1 aliphatic heterocycles. The van der Waals surface area contributed by atoms with Crippen LogP contribution in [0.15, 0.2) is 73.1 Å². The summed E-state index contributed by atoms with van der Waals surface area (Å²) in [7, 11) is 3.29. The monoisotopic (exact) mass is 470 g/mol. The first-order valence-electron chi connectivity index (χ1n) is 11.7. The summed E-state index contributed by atoms with van der Waals surface area (Å²) in [5, 5.41) is 9.73. The number of rotatable bonds is 8. The fourth-order valence-corrected chi connectivity index (χ4v) is 4.54. The molecule has 1 atom stereocenters. The number of hydrogen-bond donors (Lipinski definition) is 0. The Hall–Kier alpha value is -3.89. The average Bonchev–Trinajstić information content (AvgIpc) is 2.93. The molecule has 1 amide bonds. The number of benzene rings is 2. The maximum atomic E-state index is 13.4. The molecule has 2 heterocycles. The van der Waals surface area contributed by atoms with Crippen molar-refractivity contribution in [2.24, 2.45) is 0 Å². The molecule has 0 bridgehead atoms. The molecule has 1 fully saturated rings. The number of amides is 1. The normalized spacial score (nSPS) is 14.9. The lowest BCUT2D eigenvalue weighted by molar-refractivity contribution is -0.133. The Bertz CT molecular complexity index is 1090. The molecule has 0 saturated carbocycles. The van der Waals surface area contributed by atoms with Gasteiger partial charge >= 0.3 is 0 Å². The standard InChI is InChI=1S/C28H30N4O3/c1-34-24-9-5-21(6-10-24)26(22-7-11-25(35-2)12-8-22)18-28(33)32-16-14-31(15-17-32)27(19-29)23-4-3-13-30-20-23/h3-13,20,26-27H,14-18H2,1-2H3. The van der Waals surface area contributed by atoms with E-state index in [0.717, 1.165) is 28.2 Å². The SMILES string of the molecule is COc1ccc(C(CC(=O)N2CCN(C(C#N)c3cccnc3)CC2)c2ccc(OC)cc2)cc1. The van der Waals surface area contributed by atoms with Gasteiger partial charge in [0.15, 0.2) is 0 Å². The topological polar surface area (TPSA) is 78.7 Å². The highest BCUT2D eigenvalue weighted by Gasteiger charge is 2.29. The Morgan fingerprint density at radius 1 is 0.914 bits per heavy atom. The van der Waals surface area contributed by atoms with E-state index >= 15 is 0 Å². The van der Waals surface area contributed by atoms with Crippen LogP contribution in [0.1, 0.15) is 35.1 Å². The Labute approximate surface area is 206 Å². The zero-order chi connectivity index (χ0) is 24.6. The molecule has 0 radical (unpaired) electrons. The highest BCUT2D eigenvalue weighted by atomic mass is 16.5. The van der Waals surface area contributed by atoms with Crippen molar-refractivity contribution in [2.75, 3.05) is 40.4 Å². The van der Waals surface area contributed by atoms with Crippen LogP contribution in [0.25, 0.3) is 0 Å². The quantitative estimate of drug-likeness (QED) is 0.495. The third-order valence-electron chi connectivity index (χ3n) is 6.57. The van der Waals surface area contributed by atoms with Gasteiger partial charge in [0.05, 0.1) is 20.3 Å². The fourth-order valence-electron chi connectivity index (χ4n) is 4.54. The number of aromatic nitrogens is 1. The summed E-state index contributed by atoms with van der Waals surface area (Å²) in [6, 6.07) is 21.6. The summed E-state index contributed by atoms with van der Waals surface area (Å²) in [5.74, 6) is 1.59. The van der Waals surface area contributed by atoms with Crippen LogP contribution in [-0.4, -0.2) is 61.1 Å². The smallest absolute Gasteiger partial charge is 0.223 e. The van der Waals surface area contributed by atoms with Gasteiger partial charge in [0.25, 0.3) is 0 Å². The maximum Gasteiger partial charge on any atom is 0.223 e. The van der Waals surface area contributed by atoms with Crippen molar-refractivity contribution in [3.05, 3.63) is 89.7 Å². The van der Waals surface area contributed by atoms with E-state index in [0.29, 0.717) is 32.6 Å². The minimum Gasteiger partial charge on any atom is -0.497 e. The molecular formula is C28H30N4O3. The fraction of sp³-hybridized carbons (Fsp3) is 0.321. The molecule has 0 N–H and O–H groups in total. The molecule has 35 heavy (non-hydrogen) atoms. The number of hydrogen-bond acceptors (Lipinski definition) is 6. The van der Waals surface area contributed by atoms with E-state index in [1.54, 1.807) is 26.6 Å². The number of nitriles is 1. The van der Waals surface area contributed by atoms with E-state index in [2.05, 4.69) is 16.0 Å². The summed E-state index contributed by atoms with van der Waals surface area (Å²) >= 11 is 0. The Morgan fingerprint density at radius 3 is 1.94 bits per heavy atom. The first-order chi connectivity index (χ1) is 17.1. The van der Waals surface area contributed by atoms with Gasteiger partial charge in [-0.05, 0) is 41.5 Å². The highest BCUT2D eigenvalue weighted by molar-refractivity contribution is 5.78. The molecular weight excluding hydrogens is 440 g/mol. The van der Waals surface area contributed by atoms with Crippen molar-refractivity contribution in [1.82, 2.24) is 14.8 Å². The second kappa shape index (κ2) is 11.5. The predicted molar refractivity (Wildman–Crippen MR) is 133 cm³/mol. The van der Waals surface area contributed by atoms with Crippen LogP contribution in [0, 0.1) is 11.3 Å². The number of piperazine rings is 1. The van der Waals surface area contributed by atoms with Gasteiger partial charge in [-0.15, -0.1) is 0 Å². The van der Waals surface area contributed by atoms with Gasteiger partial charge in [-0.25, -0.2) is 0 Å². The Morgan fingerprint density at radius 2 is 1.49 bits per heavy atom. The van der Waals surface area contributed by atoms with Crippen LogP contribution in [0.3, 0.4) is 0 Å². The van der Waals surface area contributed by atoms with Gasteiger partial charge in [0.1, 0.15) is 17.5 Å². The van der Waals surface area contributed by atoms with Gasteiger partial charge in [-0.3, -0.25) is 14.7 Å². The van der Waals surface area contributed by atoms with E-state index in [-0.39, 0.29) is 17.9 Å². The molecule has 1 unspecified atom stereocenters. The predicted octanol–water partition coefficient (Wildman–Crippen LogP) is 4.03. The zero-order valence-electron chi connectivity index (χ0n) is 20.1. The van der Waals surface area contributed by atoms with Crippen LogP contribution >= 0.6 is 0 Å². The Balaban J connectivity index is 1.46. The van der Waals surface area contributed by atoms with Gasteiger partial charge in [0.2, 0.25) is 5.91 Å². The minimum absolute atomic E-state index is 0.0837. The molecule has 3 aromatic rings. The second-order valence-corrected chi connectivity index (χ2v) is 8.54. The van der Waals surface area contributed by atoms with Gasteiger partial charge in [-0.2, -0.15) is 5.26 Å². The van der Waals surface area contributed by atoms with Gasteiger partial charge in [0, 0.05) is 56.5 Å². The van der Waals surface area contributed by atoms with Crippen LogP contribution in [0.4, 0.5) is 0 Å². The van der Waals surface area contributed by atoms with Crippen molar-refractivity contribution >= 4 is 5.91 Å². The van der Waals surface area contributed by atoms with Crippen molar-refractivity contribution in [2.45, 2.75) is 18.4 Å². The summed E-state index contributed by atoms with van der Waals surface area (Å²) < 4.78 is 10.6. The van der Waals surface area contributed by atoms with Crippen LogP contribution in [-0.2, 0) is 4.79 Å². The lowest BCUT2D eigenvalue weighted by Gasteiger charge is -2.37. The van der Waals surface area contributed by atoms with E-state index in [1.807, 2.05) is 65.6 Å². The summed E-state index contributed by atoms with van der Waals surface area (Å²) in [5.41, 5.74) is 3.00. The van der Waals surface area contributed by atoms with Gasteiger partial charge in [-0.1, -0.05) is 30.3 Å². The first-order valence-corrected chi connectivity index (χ1v) is 11.7. The number of pyridine rings is 1. The van der Waals surface area contributed by atoms with E-state index in [1.165, 1.54) is 0 Å². The summed E-state index contributed by atoms with van der Waals surface area (Å²) in [6.07, 6.45) is 3.80. The summed E-state index contributed by atoms with van der Waals surface area (Å²) in [4.78, 5) is 21.6. The molecule has 180 valence electrons. The first kappa shape index (κ1) is 24.2. The van der Waals surface area contributed by atoms with Crippen LogP contribution in [0.5, 0.6) is 11.5 Å². The lowest BCUT2D eigenvalue weighted by atomic mass is 9.88. The second-order valence-electron chi connectivity index (χ2n) is 8.54. The molecule has 7 nitrogen and oxygen atoms in total. The third kappa shape index (κ3) is 5.79. The molecule has 2 aromatic carbocycles. The molecule has 1 saturated heterocycles. The number of carbonyl (C=O) groups excluding carboxylic acids is 1. The zero-order valence-corrected chi connectivity index (χ0v) is 20.1. The van der Waals surface area contributed by atoms with Crippen molar-refractivity contribution < 1.29 is 14.3 Å². The van der Waals surface area contributed by atoms with Crippen molar-refractivity contribution in [3.63, 3.8) is 0 Å². The Kier molecular flexibility index (Phi) is 7.96. The molecule has 7 heteroatoms. The highest BCUT2D eigenvalue weighted by Crippen LogP contribution is 2.31. The van der Waals surface area contributed by atoms with Crippen LogP contribution < -0.4 is 9.47 Å². The maximum absolute atomic E-state index is 13.4. The molecule has 0 spiro atoms. The molecule has 1 aliphatic rings. The van der Waals surface area contributed by atoms with Crippen LogP contribution in [0.2, 0.25) is 0 Å². The average molecular weight is 471 g/mol. The number of nitrogens with zero attached hydrogens (tertiary/aromatic N) is 4. The number of carbonyl (C=O) groups is 1. The van der Waals surface area contributed by atoms with E-state index in [4.69, 9.17) is 9.47 Å². The lowest BCUT2D eigenvalue weighted by Crippen LogP contribution is -2.49. The third-order valence-corrected chi connectivity index (χ3v) is 6.57. The minimum atomic E-state index is -0.354. The number of methoxy groups -OCH3 is 2. The molecule has 4 rings (SSSR count). The van der Waals surface area contributed by atoms with E-state index in [9.17, 15) is 10.1 Å². The van der Waals surface area contributed by atoms with Crippen molar-refractivity contribution in [1.29, 1.82) is 5.26 Å².